The van der Waals surface area contributed by atoms with Crippen molar-refractivity contribution in [3.05, 3.63) is 72.3 Å². The van der Waals surface area contributed by atoms with Crippen molar-refractivity contribution >= 4 is 44.2 Å². The lowest BCUT2D eigenvalue weighted by atomic mass is 9.93. The average molecular weight is 589 g/mol. The number of sulfonamides is 1. The van der Waals surface area contributed by atoms with E-state index in [1.807, 2.05) is 12.1 Å². The first-order chi connectivity index (χ1) is 18.6. The summed E-state index contributed by atoms with van der Waals surface area (Å²) in [7, 11) is -3.88. The van der Waals surface area contributed by atoms with Crippen molar-refractivity contribution in [2.24, 2.45) is 0 Å². The van der Waals surface area contributed by atoms with Gasteiger partial charge in [-0.25, -0.2) is 13.4 Å². The van der Waals surface area contributed by atoms with Gasteiger partial charge in [-0.2, -0.15) is 5.26 Å². The molecule has 208 valence electrons. The Morgan fingerprint density at radius 3 is 2.62 bits per heavy atom. The highest BCUT2D eigenvalue weighted by atomic mass is 35.5. The number of nitrogens with zero attached hydrogens (tertiary/aromatic N) is 2. The molecule has 0 spiro atoms. The van der Waals surface area contributed by atoms with Gasteiger partial charge in [-0.15, -0.1) is 28.2 Å². The monoisotopic (exact) mass is 588 g/mol. The molecule has 1 fully saturated rings. The van der Waals surface area contributed by atoms with Gasteiger partial charge in [0.05, 0.1) is 11.0 Å². The summed E-state index contributed by atoms with van der Waals surface area (Å²) in [6.07, 6.45) is 0.0458. The molecule has 1 aliphatic rings. The van der Waals surface area contributed by atoms with Crippen molar-refractivity contribution in [1.29, 1.82) is 5.26 Å². The standard InChI is InChI=1S/C28H33ClN4O4S2/c1-28(2,16-20-7-8-21-5-3-4-6-22(21)15-20)31-18-23(34)19-37-24-9-11-25(12-10-24)39(35,36)32-33-13-14-38-26(17-30)27(33)29/h3-12,15,23,26-27,31-32,34H,13-14,16,18-19H2,1-2H3/t23-,26?,27?/m1/s1. The molecule has 0 amide bonds. The molecular weight excluding hydrogens is 556 g/mol. The topological polar surface area (TPSA) is 115 Å². The molecule has 0 bridgehead atoms. The Morgan fingerprint density at radius 2 is 1.90 bits per heavy atom. The van der Waals surface area contributed by atoms with Crippen LogP contribution in [-0.4, -0.2) is 66.4 Å². The molecule has 0 aliphatic carbocycles. The van der Waals surface area contributed by atoms with Gasteiger partial charge in [0.1, 0.15) is 29.2 Å². The van der Waals surface area contributed by atoms with Gasteiger partial charge in [0.15, 0.2) is 0 Å². The van der Waals surface area contributed by atoms with Crippen LogP contribution in [0.2, 0.25) is 0 Å². The van der Waals surface area contributed by atoms with Gasteiger partial charge in [0.2, 0.25) is 0 Å². The Hall–Kier alpha value is -2.36. The molecule has 3 atom stereocenters. The minimum Gasteiger partial charge on any atom is -0.491 e. The Morgan fingerprint density at radius 1 is 1.18 bits per heavy atom. The van der Waals surface area contributed by atoms with Crippen LogP contribution in [0.15, 0.2) is 71.6 Å². The van der Waals surface area contributed by atoms with Crippen molar-refractivity contribution < 1.29 is 18.3 Å². The molecule has 3 aromatic carbocycles. The molecular formula is C28H33ClN4O4S2. The molecule has 0 aromatic heterocycles. The van der Waals surface area contributed by atoms with E-state index in [0.29, 0.717) is 24.6 Å². The van der Waals surface area contributed by atoms with Gasteiger partial charge in [-0.1, -0.05) is 42.5 Å². The van der Waals surface area contributed by atoms with E-state index in [9.17, 15) is 18.8 Å². The predicted molar refractivity (Wildman–Crippen MR) is 156 cm³/mol. The van der Waals surface area contributed by atoms with E-state index in [4.69, 9.17) is 16.3 Å². The molecule has 3 aromatic rings. The van der Waals surface area contributed by atoms with Crippen molar-refractivity contribution in [2.75, 3.05) is 25.4 Å². The van der Waals surface area contributed by atoms with E-state index in [-0.39, 0.29) is 17.0 Å². The third-order valence-electron chi connectivity index (χ3n) is 6.39. The highest BCUT2D eigenvalue weighted by Gasteiger charge is 2.33. The Bertz CT molecular complexity index is 1410. The summed E-state index contributed by atoms with van der Waals surface area (Å²) in [6, 6.07) is 22.7. The molecule has 8 nitrogen and oxygen atoms in total. The molecule has 0 radical (unpaired) electrons. The van der Waals surface area contributed by atoms with Crippen LogP contribution in [0.1, 0.15) is 19.4 Å². The van der Waals surface area contributed by atoms with Gasteiger partial charge in [-0.05, 0) is 60.9 Å². The number of aliphatic hydroxyl groups excluding tert-OH is 1. The minimum atomic E-state index is -3.88. The Labute approximate surface area is 239 Å². The van der Waals surface area contributed by atoms with Crippen LogP contribution in [0.25, 0.3) is 10.8 Å². The van der Waals surface area contributed by atoms with Crippen LogP contribution < -0.4 is 14.9 Å². The molecule has 1 heterocycles. The van der Waals surface area contributed by atoms with Gasteiger partial charge >= 0.3 is 0 Å². The van der Waals surface area contributed by atoms with Crippen LogP contribution in [0.4, 0.5) is 0 Å². The maximum Gasteiger partial charge on any atom is 0.253 e. The maximum atomic E-state index is 12.8. The average Bonchev–Trinajstić information content (AvgIpc) is 2.92. The number of benzene rings is 3. The fraction of sp³-hybridized carbons (Fsp3) is 0.393. The number of β-amino-alcohol motifs (C(OH)–C–C–N with tert-alkyl or cyclic N) is 1. The number of ether oxygens (including phenoxy) is 1. The lowest BCUT2D eigenvalue weighted by Crippen LogP contribution is -2.53. The summed E-state index contributed by atoms with van der Waals surface area (Å²) in [5, 5.41) is 26.3. The fourth-order valence-corrected chi connectivity index (χ4v) is 6.86. The number of nitriles is 1. The third-order valence-corrected chi connectivity index (χ3v) is 9.54. The number of hydrogen-bond donors (Lipinski definition) is 3. The normalized spacial score (nSPS) is 19.5. The van der Waals surface area contributed by atoms with Gasteiger partial charge in [-0.3, -0.25) is 0 Å². The fourth-order valence-electron chi connectivity index (χ4n) is 4.33. The second kappa shape index (κ2) is 12.9. The summed E-state index contributed by atoms with van der Waals surface area (Å²) in [4.78, 5) is 2.52. The quantitative estimate of drug-likeness (QED) is 0.228. The number of rotatable bonds is 11. The van der Waals surface area contributed by atoms with E-state index in [2.05, 4.69) is 60.4 Å². The minimum absolute atomic E-state index is 0.0445. The second-order valence-corrected chi connectivity index (χ2v) is 13.5. The molecule has 4 rings (SSSR count). The zero-order chi connectivity index (χ0) is 28.0. The first kappa shape index (κ1) is 29.6. The van der Waals surface area contributed by atoms with E-state index in [1.54, 1.807) is 12.1 Å². The molecule has 2 unspecified atom stereocenters. The highest BCUT2D eigenvalue weighted by molar-refractivity contribution is 8.00. The number of alkyl halides is 1. The lowest BCUT2D eigenvalue weighted by molar-refractivity contribution is 0.0988. The number of fused-ring (bicyclic) bond motifs is 1. The molecule has 1 aliphatic heterocycles. The van der Waals surface area contributed by atoms with Crippen LogP contribution in [0.3, 0.4) is 0 Å². The van der Waals surface area contributed by atoms with E-state index >= 15 is 0 Å². The molecule has 1 saturated heterocycles. The molecule has 3 N–H and O–H groups in total. The van der Waals surface area contributed by atoms with Crippen molar-refractivity contribution in [2.45, 2.75) is 47.6 Å². The van der Waals surface area contributed by atoms with Crippen molar-refractivity contribution in [3.63, 3.8) is 0 Å². The summed E-state index contributed by atoms with van der Waals surface area (Å²) >= 11 is 7.66. The predicted octanol–water partition coefficient (Wildman–Crippen LogP) is 3.89. The Balaban J connectivity index is 1.25. The van der Waals surface area contributed by atoms with Crippen LogP contribution in [0, 0.1) is 11.3 Å². The zero-order valence-electron chi connectivity index (χ0n) is 21.9. The number of thioether (sulfide) groups is 1. The first-order valence-electron chi connectivity index (χ1n) is 12.6. The van der Waals surface area contributed by atoms with E-state index in [0.717, 1.165) is 6.42 Å². The largest absolute Gasteiger partial charge is 0.491 e. The van der Waals surface area contributed by atoms with E-state index in [1.165, 1.54) is 45.2 Å². The second-order valence-electron chi connectivity index (χ2n) is 10.1. The summed E-state index contributed by atoms with van der Waals surface area (Å²) in [6.45, 7) is 4.98. The third kappa shape index (κ3) is 8.08. The molecule has 39 heavy (non-hydrogen) atoms. The smallest absolute Gasteiger partial charge is 0.253 e. The Kier molecular flexibility index (Phi) is 9.78. The summed E-state index contributed by atoms with van der Waals surface area (Å²) in [5.74, 6) is 1.03. The number of halogens is 1. The highest BCUT2D eigenvalue weighted by Crippen LogP contribution is 2.27. The number of hydrazine groups is 1. The lowest BCUT2D eigenvalue weighted by Gasteiger charge is -2.33. The van der Waals surface area contributed by atoms with Gasteiger partial charge in [0.25, 0.3) is 10.0 Å². The van der Waals surface area contributed by atoms with Gasteiger partial charge in [0, 0.05) is 24.4 Å². The van der Waals surface area contributed by atoms with Gasteiger partial charge < -0.3 is 15.2 Å². The number of hydrogen-bond acceptors (Lipinski definition) is 8. The van der Waals surface area contributed by atoms with E-state index < -0.39 is 26.9 Å². The summed E-state index contributed by atoms with van der Waals surface area (Å²) < 4.78 is 31.3. The van der Waals surface area contributed by atoms with Crippen LogP contribution in [0.5, 0.6) is 5.75 Å². The number of nitrogens with one attached hydrogen (secondary N) is 2. The van der Waals surface area contributed by atoms with Crippen LogP contribution >= 0.6 is 23.4 Å². The van der Waals surface area contributed by atoms with Crippen molar-refractivity contribution in [3.8, 4) is 11.8 Å². The van der Waals surface area contributed by atoms with Crippen LogP contribution in [-0.2, 0) is 16.4 Å². The first-order valence-corrected chi connectivity index (χ1v) is 15.6. The molecule has 11 heteroatoms. The SMILES string of the molecule is CC(C)(Cc1ccc2ccccc2c1)NC[C@@H](O)COc1ccc(S(=O)(=O)NN2CCSC(C#N)C2Cl)cc1. The zero-order valence-corrected chi connectivity index (χ0v) is 24.3. The van der Waals surface area contributed by atoms with Crippen molar-refractivity contribution in [1.82, 2.24) is 15.2 Å². The number of aliphatic hydroxyl groups is 1. The summed E-state index contributed by atoms with van der Waals surface area (Å²) in [5.41, 5.74) is 0.209. The maximum absolute atomic E-state index is 12.8. The molecule has 0 saturated carbocycles.